The van der Waals surface area contributed by atoms with Gasteiger partial charge in [0, 0.05) is 0 Å². The van der Waals surface area contributed by atoms with Crippen molar-refractivity contribution in [3.8, 4) is 0 Å². The summed E-state index contributed by atoms with van der Waals surface area (Å²) in [7, 11) is -0.206. The van der Waals surface area contributed by atoms with E-state index in [2.05, 4.69) is 0 Å². The first-order valence-electron chi connectivity index (χ1n) is 2.37. The number of nitrogens with one attached hydrogen (secondary N) is 1. The lowest BCUT2D eigenvalue weighted by Crippen LogP contribution is -2.23. The normalized spacial score (nSPS) is 46.6. The van der Waals surface area contributed by atoms with Crippen LogP contribution in [0.4, 0.5) is 13.2 Å². The van der Waals surface area contributed by atoms with E-state index in [4.69, 9.17) is 0 Å². The summed E-state index contributed by atoms with van der Waals surface area (Å²) >= 11 is 0. The molecule has 46 valence electrons. The standard InChI is InChI=1S/C3H5BF3N/c5-1-2(6)4-8-3(1)7/h1-4,8H. The number of alkyl halides is 3. The Bertz CT molecular complexity index is 80.6. The highest BCUT2D eigenvalue weighted by molar-refractivity contribution is 6.35. The highest BCUT2D eigenvalue weighted by Crippen LogP contribution is 2.13. The van der Waals surface area contributed by atoms with Crippen molar-refractivity contribution in [3.05, 3.63) is 0 Å². The molecule has 1 saturated heterocycles. The van der Waals surface area contributed by atoms with E-state index in [0.717, 1.165) is 0 Å². The Morgan fingerprint density at radius 1 is 1.25 bits per heavy atom. The first-order valence-corrected chi connectivity index (χ1v) is 2.37. The van der Waals surface area contributed by atoms with Crippen LogP contribution >= 0.6 is 0 Å². The number of hydrogen-bond acceptors (Lipinski definition) is 1. The average molecular weight is 123 g/mol. The van der Waals surface area contributed by atoms with Gasteiger partial charge in [0.25, 0.3) is 0 Å². The van der Waals surface area contributed by atoms with E-state index in [9.17, 15) is 13.2 Å². The summed E-state index contributed by atoms with van der Waals surface area (Å²) in [4.78, 5) is 0. The van der Waals surface area contributed by atoms with Crippen molar-refractivity contribution < 1.29 is 13.2 Å². The van der Waals surface area contributed by atoms with Gasteiger partial charge in [-0.3, -0.25) is 4.39 Å². The second-order valence-corrected chi connectivity index (χ2v) is 1.77. The fourth-order valence-electron chi connectivity index (χ4n) is 0.634. The number of rotatable bonds is 0. The molecule has 1 rings (SSSR count). The van der Waals surface area contributed by atoms with Crippen LogP contribution in [-0.2, 0) is 0 Å². The molecular formula is C3H5BF3N. The van der Waals surface area contributed by atoms with Crippen molar-refractivity contribution in [2.45, 2.75) is 18.5 Å². The van der Waals surface area contributed by atoms with Crippen LogP contribution in [0.15, 0.2) is 0 Å². The van der Waals surface area contributed by atoms with Crippen LogP contribution in [-0.4, -0.2) is 26.0 Å². The largest absolute Gasteiger partial charge is 0.325 e. The van der Waals surface area contributed by atoms with E-state index in [1.54, 1.807) is 0 Å². The van der Waals surface area contributed by atoms with E-state index in [1.165, 1.54) is 0 Å². The second-order valence-electron chi connectivity index (χ2n) is 1.77. The van der Waals surface area contributed by atoms with Crippen LogP contribution in [0, 0.1) is 0 Å². The molecule has 3 unspecified atom stereocenters. The van der Waals surface area contributed by atoms with Crippen molar-refractivity contribution in [2.75, 3.05) is 0 Å². The molecule has 1 fully saturated rings. The van der Waals surface area contributed by atoms with Gasteiger partial charge >= 0.3 is 0 Å². The van der Waals surface area contributed by atoms with Crippen LogP contribution < -0.4 is 5.23 Å². The average Bonchev–Trinajstić information content (AvgIpc) is 1.98. The molecule has 1 heterocycles. The maximum atomic E-state index is 11.9. The van der Waals surface area contributed by atoms with E-state index < -0.39 is 18.5 Å². The molecule has 0 radical (unpaired) electrons. The van der Waals surface area contributed by atoms with Crippen LogP contribution in [0.1, 0.15) is 0 Å². The Morgan fingerprint density at radius 3 is 2.00 bits per heavy atom. The molecule has 0 bridgehead atoms. The molecule has 5 heteroatoms. The first-order chi connectivity index (χ1) is 3.72. The molecule has 1 nitrogen and oxygen atoms in total. The van der Waals surface area contributed by atoms with Crippen molar-refractivity contribution in [1.29, 1.82) is 0 Å². The van der Waals surface area contributed by atoms with Gasteiger partial charge in [-0.15, -0.1) is 0 Å². The summed E-state index contributed by atoms with van der Waals surface area (Å²) in [6.07, 6.45) is -5.43. The third-order valence-electron chi connectivity index (χ3n) is 1.13. The molecule has 0 spiro atoms. The Hall–Kier alpha value is -0.185. The summed E-state index contributed by atoms with van der Waals surface area (Å²) in [6.45, 7) is 0. The van der Waals surface area contributed by atoms with Gasteiger partial charge < -0.3 is 5.23 Å². The molecule has 0 aromatic rings. The highest BCUT2D eigenvalue weighted by atomic mass is 19.2. The molecule has 0 aromatic carbocycles. The van der Waals surface area contributed by atoms with E-state index in [-0.39, 0.29) is 7.41 Å². The van der Waals surface area contributed by atoms with Crippen molar-refractivity contribution >= 4 is 7.41 Å². The summed E-state index contributed by atoms with van der Waals surface area (Å²) in [5.74, 6) is 0. The molecular weight excluding hydrogens is 118 g/mol. The Labute approximate surface area is 45.5 Å². The molecule has 3 atom stereocenters. The Morgan fingerprint density at radius 2 is 1.88 bits per heavy atom. The van der Waals surface area contributed by atoms with Gasteiger partial charge in [-0.25, -0.2) is 8.78 Å². The number of hydrogen-bond donors (Lipinski definition) is 1. The summed E-state index contributed by atoms with van der Waals surface area (Å²) in [5, 5.41) is 2.00. The van der Waals surface area contributed by atoms with Crippen LogP contribution in [0.25, 0.3) is 0 Å². The van der Waals surface area contributed by atoms with Gasteiger partial charge in [0.1, 0.15) is 6.07 Å². The zero-order valence-electron chi connectivity index (χ0n) is 4.07. The quantitative estimate of drug-likeness (QED) is 0.349. The highest BCUT2D eigenvalue weighted by Gasteiger charge is 2.37. The minimum atomic E-state index is -1.96. The Balaban J connectivity index is 2.44. The predicted octanol–water partition coefficient (Wildman–Crippen LogP) is -0.130. The molecule has 0 saturated carbocycles. The molecule has 0 amide bonds. The van der Waals surface area contributed by atoms with Crippen LogP contribution in [0.3, 0.4) is 0 Å². The zero-order chi connectivity index (χ0) is 6.15. The maximum absolute atomic E-state index is 11.9. The Kier molecular flexibility index (Phi) is 1.46. The molecule has 1 aliphatic rings. The van der Waals surface area contributed by atoms with Crippen molar-refractivity contribution in [2.24, 2.45) is 0 Å². The van der Waals surface area contributed by atoms with E-state index in [0.29, 0.717) is 0 Å². The SMILES string of the molecule is FC1BNC(F)C1F. The molecule has 0 aliphatic carbocycles. The molecule has 1 aliphatic heterocycles. The van der Waals surface area contributed by atoms with Crippen LogP contribution in [0.2, 0.25) is 0 Å². The minimum Gasteiger partial charge on any atom is -0.325 e. The van der Waals surface area contributed by atoms with Gasteiger partial charge in [-0.05, 0) is 0 Å². The van der Waals surface area contributed by atoms with Crippen molar-refractivity contribution in [1.82, 2.24) is 5.23 Å². The fraction of sp³-hybridized carbons (Fsp3) is 1.00. The topological polar surface area (TPSA) is 12.0 Å². The zero-order valence-corrected chi connectivity index (χ0v) is 4.07. The summed E-state index contributed by atoms with van der Waals surface area (Å²) in [6, 6.07) is 0. The smallest absolute Gasteiger partial charge is 0.247 e. The lowest BCUT2D eigenvalue weighted by Gasteiger charge is -2.01. The van der Waals surface area contributed by atoms with Gasteiger partial charge in [0.15, 0.2) is 12.5 Å². The predicted molar refractivity (Wildman–Crippen MR) is 25.0 cm³/mol. The fourth-order valence-corrected chi connectivity index (χ4v) is 0.634. The van der Waals surface area contributed by atoms with Crippen LogP contribution in [0.5, 0.6) is 0 Å². The van der Waals surface area contributed by atoms with Gasteiger partial charge in [-0.2, -0.15) is 0 Å². The van der Waals surface area contributed by atoms with Gasteiger partial charge in [0.05, 0.1) is 0 Å². The lowest BCUT2D eigenvalue weighted by atomic mass is 9.90. The summed E-state index contributed by atoms with van der Waals surface area (Å²) < 4.78 is 35.6. The van der Waals surface area contributed by atoms with E-state index >= 15 is 0 Å². The second kappa shape index (κ2) is 1.97. The monoisotopic (exact) mass is 123 g/mol. The van der Waals surface area contributed by atoms with Gasteiger partial charge in [0.2, 0.25) is 7.41 Å². The summed E-state index contributed by atoms with van der Waals surface area (Å²) in [5.41, 5.74) is 0. The maximum Gasteiger partial charge on any atom is 0.247 e. The third kappa shape index (κ3) is 0.821. The third-order valence-corrected chi connectivity index (χ3v) is 1.13. The lowest BCUT2D eigenvalue weighted by molar-refractivity contribution is 0.135. The van der Waals surface area contributed by atoms with E-state index in [1.807, 2.05) is 5.23 Å². The van der Waals surface area contributed by atoms with Gasteiger partial charge in [-0.1, -0.05) is 0 Å². The first kappa shape index (κ1) is 5.94. The molecule has 8 heavy (non-hydrogen) atoms. The minimum absolute atomic E-state index is 0.206. The molecule has 0 aromatic heterocycles. The van der Waals surface area contributed by atoms with Crippen molar-refractivity contribution in [3.63, 3.8) is 0 Å². The number of halogens is 3. The molecule has 1 N–H and O–H groups in total.